The monoisotopic (exact) mass is 277 g/mol. The van der Waals surface area contributed by atoms with Gasteiger partial charge in [-0.25, -0.2) is 0 Å². The van der Waals surface area contributed by atoms with Crippen molar-refractivity contribution >= 4 is 22.0 Å². The first-order valence-corrected chi connectivity index (χ1v) is 7.03. The zero-order valence-electron chi connectivity index (χ0n) is 11.5. The highest BCUT2D eigenvalue weighted by atomic mass is 32.1. The summed E-state index contributed by atoms with van der Waals surface area (Å²) in [5, 5.41) is 21.8. The van der Waals surface area contributed by atoms with Crippen molar-refractivity contribution in [1.82, 2.24) is 4.90 Å². The van der Waals surface area contributed by atoms with Crippen LogP contribution in [0.25, 0.3) is 0 Å². The van der Waals surface area contributed by atoms with E-state index in [0.29, 0.717) is 21.5 Å². The summed E-state index contributed by atoms with van der Waals surface area (Å²) < 4.78 is 0. The number of nitrogens with zero attached hydrogens (tertiary/aromatic N) is 3. The van der Waals surface area contributed by atoms with Gasteiger partial charge in [-0.15, -0.1) is 11.3 Å². The Kier molecular flexibility index (Phi) is 5.62. The molecule has 0 radical (unpaired) electrons. The Morgan fingerprint density at radius 1 is 1.42 bits per heavy atom. The van der Waals surface area contributed by atoms with E-state index in [-0.39, 0.29) is 5.69 Å². The number of hydrogen-bond acceptors (Lipinski definition) is 6. The maximum atomic E-state index is 9.06. The Balaban J connectivity index is 2.65. The molecule has 1 aromatic heterocycles. The van der Waals surface area contributed by atoms with E-state index in [1.807, 2.05) is 12.1 Å². The molecule has 3 N–H and O–H groups in total. The molecule has 6 heteroatoms. The molecular formula is C13H19N5S. The van der Waals surface area contributed by atoms with Gasteiger partial charge < -0.3 is 16.0 Å². The largest absolute Gasteiger partial charge is 0.396 e. The molecule has 0 aliphatic carbocycles. The van der Waals surface area contributed by atoms with Crippen molar-refractivity contribution in [2.45, 2.75) is 26.3 Å². The van der Waals surface area contributed by atoms with Gasteiger partial charge >= 0.3 is 0 Å². The van der Waals surface area contributed by atoms with Gasteiger partial charge in [-0.05, 0) is 20.4 Å². The predicted molar refractivity (Wildman–Crippen MR) is 79.0 cm³/mol. The molecule has 1 unspecified atom stereocenters. The third-order valence-corrected chi connectivity index (χ3v) is 4.32. The maximum absolute atomic E-state index is 9.06. The number of likely N-dealkylation sites (N-methyl/N-ethyl adjacent to an activating group) is 1. The highest BCUT2D eigenvalue weighted by Gasteiger charge is 2.15. The Morgan fingerprint density at radius 2 is 2.11 bits per heavy atom. The fraction of sp³-hybridized carbons (Fsp3) is 0.538. The molecule has 1 aromatic rings. The van der Waals surface area contributed by atoms with E-state index in [2.05, 4.69) is 31.1 Å². The molecule has 19 heavy (non-hydrogen) atoms. The highest BCUT2D eigenvalue weighted by molar-refractivity contribution is 7.17. The molecule has 0 aliphatic rings. The van der Waals surface area contributed by atoms with Crippen molar-refractivity contribution in [3.63, 3.8) is 0 Å². The molecule has 0 spiro atoms. The number of nitrogen functional groups attached to an aromatic ring is 1. The zero-order chi connectivity index (χ0) is 14.4. The number of rotatable bonds is 6. The third kappa shape index (κ3) is 3.60. The number of thiophene rings is 1. The Morgan fingerprint density at radius 3 is 2.63 bits per heavy atom. The predicted octanol–water partition coefficient (Wildman–Crippen LogP) is 2.22. The minimum Gasteiger partial charge on any atom is -0.396 e. The normalized spacial score (nSPS) is 11.9. The van der Waals surface area contributed by atoms with E-state index in [9.17, 15) is 0 Å². The maximum Gasteiger partial charge on any atom is 0.131 e. The van der Waals surface area contributed by atoms with E-state index in [4.69, 9.17) is 16.3 Å². The highest BCUT2D eigenvalue weighted by Crippen LogP contribution is 2.34. The number of nitriles is 2. The van der Waals surface area contributed by atoms with Crippen molar-refractivity contribution in [3.05, 3.63) is 10.4 Å². The molecule has 0 saturated heterocycles. The number of anilines is 2. The summed E-state index contributed by atoms with van der Waals surface area (Å²) in [5.74, 6) is 0. The van der Waals surface area contributed by atoms with Gasteiger partial charge in [0.05, 0.1) is 5.69 Å². The number of nitrogens with one attached hydrogen (secondary N) is 1. The first-order chi connectivity index (χ1) is 9.04. The van der Waals surface area contributed by atoms with Crippen LogP contribution < -0.4 is 11.1 Å². The van der Waals surface area contributed by atoms with Crippen LogP contribution in [0, 0.1) is 22.7 Å². The SMILES string of the molecule is CCC(C)N(C)CCNc1sc(C#N)c(N)c1C#N. The second-order valence-electron chi connectivity index (χ2n) is 4.44. The van der Waals surface area contributed by atoms with Gasteiger partial charge in [-0.1, -0.05) is 6.92 Å². The first kappa shape index (κ1) is 15.3. The van der Waals surface area contributed by atoms with Crippen LogP contribution in [0.4, 0.5) is 10.7 Å². The Labute approximate surface area is 118 Å². The molecule has 0 fully saturated rings. The summed E-state index contributed by atoms with van der Waals surface area (Å²) in [6.45, 7) is 5.93. The lowest BCUT2D eigenvalue weighted by Crippen LogP contribution is -2.32. The second-order valence-corrected chi connectivity index (χ2v) is 5.46. The summed E-state index contributed by atoms with van der Waals surface area (Å²) in [4.78, 5) is 2.65. The van der Waals surface area contributed by atoms with E-state index in [1.165, 1.54) is 11.3 Å². The molecule has 0 bridgehead atoms. The fourth-order valence-corrected chi connectivity index (χ4v) is 2.53. The van der Waals surface area contributed by atoms with Crippen molar-refractivity contribution in [2.75, 3.05) is 31.2 Å². The van der Waals surface area contributed by atoms with Crippen molar-refractivity contribution < 1.29 is 0 Å². The van der Waals surface area contributed by atoms with Crippen LogP contribution >= 0.6 is 11.3 Å². The molecule has 102 valence electrons. The molecule has 0 amide bonds. The summed E-state index contributed by atoms with van der Waals surface area (Å²) in [5.41, 5.74) is 6.41. The zero-order valence-corrected chi connectivity index (χ0v) is 12.3. The van der Waals surface area contributed by atoms with E-state index >= 15 is 0 Å². The minimum atomic E-state index is 0.285. The van der Waals surface area contributed by atoms with Crippen molar-refractivity contribution in [2.24, 2.45) is 0 Å². The van der Waals surface area contributed by atoms with Crippen LogP contribution in [-0.2, 0) is 0 Å². The van der Waals surface area contributed by atoms with E-state index in [1.54, 1.807) is 0 Å². The average Bonchev–Trinajstić information content (AvgIpc) is 2.73. The first-order valence-electron chi connectivity index (χ1n) is 6.21. The summed E-state index contributed by atoms with van der Waals surface area (Å²) in [6, 6.07) is 4.59. The smallest absolute Gasteiger partial charge is 0.131 e. The molecule has 1 rings (SSSR count). The summed E-state index contributed by atoms with van der Waals surface area (Å²) in [6.07, 6.45) is 1.10. The summed E-state index contributed by atoms with van der Waals surface area (Å²) >= 11 is 1.24. The molecule has 0 aromatic carbocycles. The van der Waals surface area contributed by atoms with Gasteiger partial charge in [-0.3, -0.25) is 0 Å². The van der Waals surface area contributed by atoms with Crippen molar-refractivity contribution in [1.29, 1.82) is 10.5 Å². The molecule has 1 atom stereocenters. The van der Waals surface area contributed by atoms with Gasteiger partial charge in [0.25, 0.3) is 0 Å². The van der Waals surface area contributed by atoms with E-state index < -0.39 is 0 Å². The van der Waals surface area contributed by atoms with Crippen molar-refractivity contribution in [3.8, 4) is 12.1 Å². The lowest BCUT2D eigenvalue weighted by molar-refractivity contribution is 0.261. The number of nitrogens with two attached hydrogens (primary N) is 1. The van der Waals surface area contributed by atoms with Crippen LogP contribution in [0.3, 0.4) is 0 Å². The second kappa shape index (κ2) is 6.98. The minimum absolute atomic E-state index is 0.285. The molecule has 5 nitrogen and oxygen atoms in total. The lowest BCUT2D eigenvalue weighted by atomic mass is 10.2. The van der Waals surface area contributed by atoms with Gasteiger partial charge in [0.1, 0.15) is 27.6 Å². The van der Waals surface area contributed by atoms with Crippen LogP contribution in [0.5, 0.6) is 0 Å². The summed E-state index contributed by atoms with van der Waals surface area (Å²) in [7, 11) is 2.07. The van der Waals surface area contributed by atoms with Gasteiger partial charge in [0.15, 0.2) is 0 Å². The van der Waals surface area contributed by atoms with E-state index in [0.717, 1.165) is 19.5 Å². The van der Waals surface area contributed by atoms with Crippen LogP contribution in [0.1, 0.15) is 30.7 Å². The lowest BCUT2D eigenvalue weighted by Gasteiger charge is -2.23. The van der Waals surface area contributed by atoms with Gasteiger partial charge in [0, 0.05) is 19.1 Å². The van der Waals surface area contributed by atoms with Crippen LogP contribution in [-0.4, -0.2) is 31.1 Å². The van der Waals surface area contributed by atoms with Gasteiger partial charge in [-0.2, -0.15) is 10.5 Å². The molecule has 1 heterocycles. The quantitative estimate of drug-likeness (QED) is 0.832. The number of hydrogen-bond donors (Lipinski definition) is 2. The standard InChI is InChI=1S/C13H19N5S/c1-4-9(2)18(3)6-5-17-13-10(7-14)12(16)11(8-15)19-13/h9,17H,4-6,16H2,1-3H3. The van der Waals surface area contributed by atoms with Crippen LogP contribution in [0.2, 0.25) is 0 Å². The van der Waals surface area contributed by atoms with Crippen LogP contribution in [0.15, 0.2) is 0 Å². The molecule has 0 saturated carbocycles. The van der Waals surface area contributed by atoms with Gasteiger partial charge in [0.2, 0.25) is 0 Å². The Hall–Kier alpha value is -1.76. The molecular weight excluding hydrogens is 258 g/mol. The average molecular weight is 277 g/mol. The Bertz CT molecular complexity index is 508. The molecule has 0 aliphatic heterocycles. The third-order valence-electron chi connectivity index (χ3n) is 3.25. The fourth-order valence-electron chi connectivity index (χ4n) is 1.64. The topological polar surface area (TPSA) is 88.9 Å².